The second-order valence-electron chi connectivity index (χ2n) is 10.8. The molecule has 3 heterocycles. The number of rotatable bonds is 9. The fourth-order valence-electron chi connectivity index (χ4n) is 7.05. The summed E-state index contributed by atoms with van der Waals surface area (Å²) in [5, 5.41) is 16.3. The molecular weight excluding hydrogens is 474 g/mol. The first-order valence-electron chi connectivity index (χ1n) is 13.9. The third-order valence-electron chi connectivity index (χ3n) is 8.75. The Morgan fingerprint density at radius 2 is 1.86 bits per heavy atom. The van der Waals surface area contributed by atoms with Gasteiger partial charge in [-0.2, -0.15) is 0 Å². The zero-order chi connectivity index (χ0) is 26.2. The number of benzene rings is 1. The van der Waals surface area contributed by atoms with Gasteiger partial charge in [-0.1, -0.05) is 26.2 Å². The lowest BCUT2D eigenvalue weighted by molar-refractivity contribution is -0.145. The van der Waals surface area contributed by atoms with E-state index in [9.17, 15) is 19.5 Å². The number of fused-ring (bicyclic) bond motifs is 1. The first-order chi connectivity index (χ1) is 17.9. The van der Waals surface area contributed by atoms with E-state index in [0.717, 1.165) is 25.7 Å². The summed E-state index contributed by atoms with van der Waals surface area (Å²) in [6.45, 7) is 4.11. The highest BCUT2D eigenvalue weighted by Crippen LogP contribution is 2.59. The molecule has 6 atom stereocenters. The molecule has 4 fully saturated rings. The fraction of sp³-hybridized carbons (Fsp3) is 0.679. The van der Waals surface area contributed by atoms with Crippen molar-refractivity contribution in [2.24, 2.45) is 11.8 Å². The summed E-state index contributed by atoms with van der Waals surface area (Å²) in [5.41, 5.74) is -0.440. The monoisotopic (exact) mass is 513 g/mol. The molecule has 4 aliphatic rings. The summed E-state index contributed by atoms with van der Waals surface area (Å²) in [5.74, 6) is -1.50. The van der Waals surface area contributed by atoms with Gasteiger partial charge >= 0.3 is 0 Å². The third-order valence-corrected chi connectivity index (χ3v) is 8.75. The van der Waals surface area contributed by atoms with Gasteiger partial charge in [0.25, 0.3) is 0 Å². The average Bonchev–Trinajstić information content (AvgIpc) is 3.54. The van der Waals surface area contributed by atoms with Crippen LogP contribution in [0.2, 0.25) is 0 Å². The maximum absolute atomic E-state index is 14.0. The highest BCUT2D eigenvalue weighted by Gasteiger charge is 2.75. The van der Waals surface area contributed by atoms with E-state index >= 15 is 0 Å². The number of likely N-dealkylation sites (tertiary alicyclic amines) is 1. The number of hydrogen-bond acceptors (Lipinski definition) is 6. The van der Waals surface area contributed by atoms with Crippen molar-refractivity contribution in [1.82, 2.24) is 10.2 Å². The van der Waals surface area contributed by atoms with Crippen LogP contribution in [-0.2, 0) is 19.1 Å². The van der Waals surface area contributed by atoms with Crippen LogP contribution < -0.4 is 15.4 Å². The first kappa shape index (κ1) is 26.0. The highest BCUT2D eigenvalue weighted by molar-refractivity contribution is 6.02. The lowest BCUT2D eigenvalue weighted by atomic mass is 9.70. The molecule has 2 unspecified atom stereocenters. The number of carbonyl (C=O) groups is 3. The smallest absolute Gasteiger partial charge is 0.246 e. The molecule has 0 radical (unpaired) electrons. The molecule has 3 aliphatic heterocycles. The van der Waals surface area contributed by atoms with Crippen LogP contribution in [0.3, 0.4) is 0 Å². The second kappa shape index (κ2) is 10.6. The molecule has 1 aromatic rings. The van der Waals surface area contributed by atoms with Gasteiger partial charge in [0.1, 0.15) is 17.4 Å². The fourth-order valence-corrected chi connectivity index (χ4v) is 7.05. The maximum Gasteiger partial charge on any atom is 0.246 e. The van der Waals surface area contributed by atoms with Crippen LogP contribution in [0.25, 0.3) is 0 Å². The Morgan fingerprint density at radius 3 is 2.51 bits per heavy atom. The summed E-state index contributed by atoms with van der Waals surface area (Å²) >= 11 is 0. The molecule has 2 bridgehead atoms. The Balaban J connectivity index is 1.41. The predicted molar refractivity (Wildman–Crippen MR) is 137 cm³/mol. The van der Waals surface area contributed by atoms with Gasteiger partial charge < -0.3 is 30.1 Å². The minimum absolute atomic E-state index is 0.0835. The Kier molecular flexibility index (Phi) is 7.45. The van der Waals surface area contributed by atoms with Crippen molar-refractivity contribution in [2.75, 3.05) is 18.5 Å². The molecule has 1 aliphatic carbocycles. The predicted octanol–water partition coefficient (Wildman–Crippen LogP) is 2.62. The quantitative estimate of drug-likeness (QED) is 0.467. The summed E-state index contributed by atoms with van der Waals surface area (Å²) in [4.78, 5) is 42.9. The van der Waals surface area contributed by atoms with Crippen molar-refractivity contribution in [3.8, 4) is 5.75 Å². The van der Waals surface area contributed by atoms with E-state index in [4.69, 9.17) is 9.47 Å². The van der Waals surface area contributed by atoms with Gasteiger partial charge in [0, 0.05) is 11.7 Å². The van der Waals surface area contributed by atoms with Crippen molar-refractivity contribution >= 4 is 23.4 Å². The summed E-state index contributed by atoms with van der Waals surface area (Å²) in [6, 6.07) is 5.85. The van der Waals surface area contributed by atoms with Crippen LogP contribution in [-0.4, -0.2) is 70.8 Å². The largest absolute Gasteiger partial charge is 0.494 e. The molecule has 3 saturated heterocycles. The van der Waals surface area contributed by atoms with Crippen LogP contribution in [0.5, 0.6) is 5.75 Å². The number of amides is 3. The minimum atomic E-state index is -1.05. The standard InChI is InChI=1S/C28H39N3O6/c1-3-19(16-32)31-24(26(34)30-17-8-6-5-7-9-17)28-15-14-21(37-28)22(23(28)27(31)35)25(33)29-18-10-12-20(13-11-18)36-4-2/h10-13,17,19,21-24,32H,3-9,14-16H2,1-2H3,(H,29,33)(H,30,34)/t19-,21+,22-,23-,24?,28?/m0/s1. The molecule has 9 heteroatoms. The number of carbonyl (C=O) groups excluding carboxylic acids is 3. The number of hydrogen-bond donors (Lipinski definition) is 3. The SMILES string of the molecule is CCOc1ccc(NC(=O)[C@@H]2[C@H]3C(=O)N([C@@H](CC)CO)C(C(=O)NC4CCCCC4)C34CC[C@H]2O4)cc1. The number of nitrogens with one attached hydrogen (secondary N) is 2. The second-order valence-corrected chi connectivity index (χ2v) is 10.8. The van der Waals surface area contributed by atoms with Crippen molar-refractivity contribution in [3.05, 3.63) is 24.3 Å². The lowest BCUT2D eigenvalue weighted by Gasteiger charge is -2.37. The first-order valence-corrected chi connectivity index (χ1v) is 13.9. The van der Waals surface area contributed by atoms with E-state index in [-0.39, 0.29) is 30.4 Å². The van der Waals surface area contributed by atoms with E-state index in [2.05, 4.69) is 10.6 Å². The Labute approximate surface area is 218 Å². The molecule has 5 rings (SSSR count). The topological polar surface area (TPSA) is 117 Å². The van der Waals surface area contributed by atoms with Gasteiger partial charge in [-0.05, 0) is 63.3 Å². The zero-order valence-electron chi connectivity index (χ0n) is 21.8. The van der Waals surface area contributed by atoms with Crippen LogP contribution in [0, 0.1) is 11.8 Å². The number of aliphatic hydroxyl groups is 1. The van der Waals surface area contributed by atoms with Crippen LogP contribution in [0.1, 0.15) is 65.2 Å². The molecule has 1 saturated carbocycles. The molecule has 202 valence electrons. The number of ether oxygens (including phenoxy) is 2. The molecular formula is C28H39N3O6. The molecule has 1 aromatic carbocycles. The highest BCUT2D eigenvalue weighted by atomic mass is 16.5. The minimum Gasteiger partial charge on any atom is -0.494 e. The normalized spacial score (nSPS) is 31.8. The van der Waals surface area contributed by atoms with Gasteiger partial charge in [0.05, 0.1) is 37.2 Å². The average molecular weight is 514 g/mol. The van der Waals surface area contributed by atoms with E-state index in [1.165, 1.54) is 6.42 Å². The maximum atomic E-state index is 14.0. The van der Waals surface area contributed by atoms with Crippen molar-refractivity contribution in [2.45, 2.75) is 95.0 Å². The third kappa shape index (κ3) is 4.50. The van der Waals surface area contributed by atoms with E-state index in [1.807, 2.05) is 13.8 Å². The van der Waals surface area contributed by atoms with Gasteiger partial charge in [-0.15, -0.1) is 0 Å². The van der Waals surface area contributed by atoms with Crippen molar-refractivity contribution < 1.29 is 29.0 Å². The summed E-state index contributed by atoms with van der Waals surface area (Å²) in [7, 11) is 0. The number of aliphatic hydroxyl groups excluding tert-OH is 1. The summed E-state index contributed by atoms with van der Waals surface area (Å²) in [6.07, 6.45) is 6.42. The number of nitrogens with zero attached hydrogens (tertiary/aromatic N) is 1. The van der Waals surface area contributed by atoms with Gasteiger partial charge in [-0.25, -0.2) is 0 Å². The van der Waals surface area contributed by atoms with Gasteiger partial charge in [0.2, 0.25) is 17.7 Å². The Bertz CT molecular complexity index is 1010. The van der Waals surface area contributed by atoms with Gasteiger partial charge in [0.15, 0.2) is 0 Å². The Morgan fingerprint density at radius 1 is 1.14 bits per heavy atom. The van der Waals surface area contributed by atoms with E-state index < -0.39 is 35.6 Å². The molecule has 0 aromatic heterocycles. The van der Waals surface area contributed by atoms with E-state index in [1.54, 1.807) is 29.2 Å². The Hall–Kier alpha value is -2.65. The van der Waals surface area contributed by atoms with Crippen LogP contribution >= 0.6 is 0 Å². The molecule has 3 amide bonds. The van der Waals surface area contributed by atoms with Crippen LogP contribution in [0.4, 0.5) is 5.69 Å². The van der Waals surface area contributed by atoms with Crippen molar-refractivity contribution in [3.63, 3.8) is 0 Å². The lowest BCUT2D eigenvalue weighted by Crippen LogP contribution is -2.59. The van der Waals surface area contributed by atoms with Crippen LogP contribution in [0.15, 0.2) is 24.3 Å². The van der Waals surface area contributed by atoms with E-state index in [0.29, 0.717) is 37.3 Å². The van der Waals surface area contributed by atoms with Crippen molar-refractivity contribution in [1.29, 1.82) is 0 Å². The molecule has 9 nitrogen and oxygen atoms in total. The molecule has 1 spiro atoms. The van der Waals surface area contributed by atoms with Gasteiger partial charge in [-0.3, -0.25) is 14.4 Å². The molecule has 3 N–H and O–H groups in total. The molecule has 37 heavy (non-hydrogen) atoms. The number of anilines is 1. The zero-order valence-corrected chi connectivity index (χ0v) is 21.8. The summed E-state index contributed by atoms with van der Waals surface area (Å²) < 4.78 is 12.0.